The van der Waals surface area contributed by atoms with Gasteiger partial charge in [-0.1, -0.05) is 144 Å². The number of hydrogen-bond acceptors (Lipinski definition) is 1. The Morgan fingerprint density at radius 2 is 0.973 bits per heavy atom. The number of benzene rings is 4. The molecule has 0 aliphatic carbocycles. The van der Waals surface area contributed by atoms with Crippen LogP contribution in [0.3, 0.4) is 0 Å². The first-order valence-electron chi connectivity index (χ1n) is 12.2. The molecule has 5 heteroatoms. The van der Waals surface area contributed by atoms with Crippen molar-refractivity contribution in [2.24, 2.45) is 0 Å². The van der Waals surface area contributed by atoms with Gasteiger partial charge in [-0.05, 0) is 5.56 Å². The van der Waals surface area contributed by atoms with E-state index in [9.17, 15) is 0 Å². The van der Waals surface area contributed by atoms with Crippen molar-refractivity contribution in [2.45, 2.75) is 31.9 Å². The monoisotopic (exact) mass is 548 g/mol. The first kappa shape index (κ1) is 33.2. The minimum Gasteiger partial charge on any atom is -0.648 e. The van der Waals surface area contributed by atoms with E-state index < -0.39 is 8.24 Å². The minimum atomic E-state index is -2.65. The van der Waals surface area contributed by atoms with Gasteiger partial charge in [-0.3, -0.25) is 0 Å². The SMILES string of the molecule is CO[C@H](c1ccccc1)[C@H](C)[N-][Si](c1ccccc1)(c1ccccc1)c1ccccc1.[CH2-]CC[CH2-].[Cu+2].[Li+]. The van der Waals surface area contributed by atoms with Crippen LogP contribution in [0.5, 0.6) is 0 Å². The zero-order valence-corrected chi connectivity index (χ0v) is 24.1. The Hall–Kier alpha value is -1.87. The quantitative estimate of drug-likeness (QED) is 0.179. The molecule has 0 aromatic heterocycles. The third-order valence-corrected chi connectivity index (χ3v) is 10.3. The van der Waals surface area contributed by atoms with Crippen molar-refractivity contribution in [3.8, 4) is 0 Å². The largest absolute Gasteiger partial charge is 2.00 e. The Kier molecular flexibility index (Phi) is 15.8. The summed E-state index contributed by atoms with van der Waals surface area (Å²) in [6.45, 7) is 9.26. The zero-order valence-electron chi connectivity index (χ0n) is 22.2. The van der Waals surface area contributed by atoms with E-state index in [-0.39, 0.29) is 48.1 Å². The van der Waals surface area contributed by atoms with Gasteiger partial charge in [0.05, 0.1) is 6.10 Å². The molecule has 0 bridgehead atoms. The molecule has 2 nitrogen and oxygen atoms in total. The van der Waals surface area contributed by atoms with Crippen LogP contribution in [0.15, 0.2) is 121 Å². The second-order valence-corrected chi connectivity index (χ2v) is 11.9. The Balaban J connectivity index is 0.00000107. The summed E-state index contributed by atoms with van der Waals surface area (Å²) >= 11 is 0. The van der Waals surface area contributed by atoms with E-state index in [1.54, 1.807) is 7.11 Å². The summed E-state index contributed by atoms with van der Waals surface area (Å²) < 4.78 is 5.98. The fourth-order valence-corrected chi connectivity index (χ4v) is 8.61. The van der Waals surface area contributed by atoms with E-state index in [2.05, 4.69) is 136 Å². The molecule has 0 spiro atoms. The molecule has 2 atom stereocenters. The van der Waals surface area contributed by atoms with Crippen LogP contribution in [-0.2, 0) is 21.8 Å². The van der Waals surface area contributed by atoms with E-state index >= 15 is 0 Å². The number of methoxy groups -OCH3 is 1. The van der Waals surface area contributed by atoms with Gasteiger partial charge in [-0.25, -0.2) is 12.8 Å². The average Bonchev–Trinajstić information content (AvgIpc) is 2.94. The first-order valence-corrected chi connectivity index (χ1v) is 14.2. The smallest absolute Gasteiger partial charge is 0.648 e. The van der Waals surface area contributed by atoms with E-state index in [0.29, 0.717) is 0 Å². The van der Waals surface area contributed by atoms with Crippen LogP contribution in [0.25, 0.3) is 4.98 Å². The zero-order chi connectivity index (χ0) is 24.9. The van der Waals surface area contributed by atoms with Crippen molar-refractivity contribution in [1.82, 2.24) is 0 Å². The molecule has 0 saturated carbocycles. The molecule has 0 aliphatic heterocycles. The van der Waals surface area contributed by atoms with Gasteiger partial charge in [-0.15, -0.1) is 6.04 Å². The van der Waals surface area contributed by atoms with Crippen LogP contribution in [0.2, 0.25) is 0 Å². The van der Waals surface area contributed by atoms with Gasteiger partial charge < -0.3 is 23.6 Å². The van der Waals surface area contributed by atoms with Gasteiger partial charge in [0.2, 0.25) is 0 Å². The van der Waals surface area contributed by atoms with Crippen molar-refractivity contribution in [3.63, 3.8) is 0 Å². The number of ether oxygens (including phenoxy) is 1. The second-order valence-electron chi connectivity index (χ2n) is 8.45. The van der Waals surface area contributed by atoms with Crippen LogP contribution < -0.4 is 34.4 Å². The Morgan fingerprint density at radius 1 is 0.649 bits per heavy atom. The maximum absolute atomic E-state index is 5.98. The van der Waals surface area contributed by atoms with Crippen LogP contribution in [0.4, 0.5) is 0 Å². The van der Waals surface area contributed by atoms with Crippen molar-refractivity contribution < 1.29 is 40.7 Å². The predicted molar refractivity (Wildman–Crippen MR) is 153 cm³/mol. The van der Waals surface area contributed by atoms with Crippen LogP contribution >= 0.6 is 0 Å². The van der Waals surface area contributed by atoms with Crippen molar-refractivity contribution in [3.05, 3.63) is 146 Å². The molecule has 191 valence electrons. The Morgan fingerprint density at radius 3 is 1.27 bits per heavy atom. The van der Waals surface area contributed by atoms with Gasteiger partial charge in [0.25, 0.3) is 0 Å². The molecule has 0 unspecified atom stereocenters. The maximum Gasteiger partial charge on any atom is 2.00 e. The molecule has 1 radical (unpaired) electrons. The van der Waals surface area contributed by atoms with Gasteiger partial charge in [0, 0.05) is 15.3 Å². The van der Waals surface area contributed by atoms with Crippen molar-refractivity contribution >= 4 is 23.8 Å². The Labute approximate surface area is 248 Å². The fraction of sp³-hybridized carbons (Fsp3) is 0.188. The summed E-state index contributed by atoms with van der Waals surface area (Å²) in [6, 6.07) is 42.7. The average molecular weight is 549 g/mol. The van der Waals surface area contributed by atoms with E-state index in [1.165, 1.54) is 15.6 Å². The van der Waals surface area contributed by atoms with E-state index in [0.717, 1.165) is 18.4 Å². The molecule has 0 aliphatic rings. The summed E-state index contributed by atoms with van der Waals surface area (Å²) in [5.74, 6) is 0. The Bertz CT molecular complexity index is 1000. The first-order chi connectivity index (χ1) is 17.2. The normalized spacial score (nSPS) is 12.1. The predicted octanol–water partition coefficient (Wildman–Crippen LogP) is 3.24. The molecule has 4 aromatic rings. The van der Waals surface area contributed by atoms with Gasteiger partial charge in [-0.2, -0.15) is 0 Å². The molecule has 4 rings (SSSR count). The molecule has 4 aromatic carbocycles. The van der Waals surface area contributed by atoms with E-state index in [4.69, 9.17) is 9.72 Å². The van der Waals surface area contributed by atoms with E-state index in [1.807, 2.05) is 6.07 Å². The fourth-order valence-electron chi connectivity index (χ4n) is 4.39. The maximum atomic E-state index is 5.98. The van der Waals surface area contributed by atoms with Crippen molar-refractivity contribution in [2.75, 3.05) is 7.11 Å². The van der Waals surface area contributed by atoms with Crippen LogP contribution in [0, 0.1) is 13.8 Å². The minimum absolute atomic E-state index is 0. The molecule has 0 N–H and O–H groups in total. The molecule has 0 heterocycles. The number of unbranched alkanes of at least 4 members (excludes halogenated alkanes) is 1. The number of hydrogen-bond donors (Lipinski definition) is 0. The topological polar surface area (TPSA) is 23.3 Å². The molecule has 37 heavy (non-hydrogen) atoms. The molecule has 0 fully saturated rings. The third-order valence-electron chi connectivity index (χ3n) is 6.04. The number of rotatable bonds is 9. The molecule has 0 saturated heterocycles. The van der Waals surface area contributed by atoms with Gasteiger partial charge >= 0.3 is 35.9 Å². The summed E-state index contributed by atoms with van der Waals surface area (Å²) in [5.41, 5.74) is 1.15. The summed E-state index contributed by atoms with van der Waals surface area (Å²) in [7, 11) is -0.876. The molecular formula is C32H36CuLiNOSi. The molecular weight excluding hydrogens is 513 g/mol. The van der Waals surface area contributed by atoms with Crippen LogP contribution in [-0.4, -0.2) is 21.4 Å². The van der Waals surface area contributed by atoms with Crippen LogP contribution in [0.1, 0.15) is 31.4 Å². The second kappa shape index (κ2) is 17.6. The summed E-state index contributed by atoms with van der Waals surface area (Å²) in [5, 5.41) is 3.84. The van der Waals surface area contributed by atoms with Gasteiger partial charge in [0.1, 0.15) is 0 Å². The summed E-state index contributed by atoms with van der Waals surface area (Å²) in [4.78, 5) is 5.68. The summed E-state index contributed by atoms with van der Waals surface area (Å²) in [6.07, 6.45) is 1.81. The third kappa shape index (κ3) is 8.57. The number of nitrogens with zero attached hydrogens (tertiary/aromatic N) is 1. The van der Waals surface area contributed by atoms with Gasteiger partial charge in [0.15, 0.2) is 0 Å². The molecule has 0 amide bonds. The standard InChI is InChI=1S/C28H28NOSi.C4H8.Cu.Li/c1-23(28(30-2)24-15-7-3-8-16-24)29-31(25-17-9-4-10-18-25,26-19-11-5-12-20-26)27-21-13-6-14-22-27;1-3-4-2;;/h3-23,28H,1-2H3;1-4H2;;/q-1;-2;+2;+1/t23-,28-;;;/m0.../s1. The van der Waals surface area contributed by atoms with Crippen molar-refractivity contribution in [1.29, 1.82) is 0 Å².